The summed E-state index contributed by atoms with van der Waals surface area (Å²) in [4.78, 5) is 0. The summed E-state index contributed by atoms with van der Waals surface area (Å²) in [7, 11) is 0. The number of rotatable bonds is 2. The largest absolute Gasteiger partial charge is 0.368 e. The highest BCUT2D eigenvalue weighted by Crippen LogP contribution is 2.29. The fraction of sp³-hybridized carbons (Fsp3) is 0.600. The Morgan fingerprint density at radius 1 is 1.08 bits per heavy atom. The van der Waals surface area contributed by atoms with E-state index in [-0.39, 0.29) is 23.4 Å². The third-order valence-electron chi connectivity index (χ3n) is 3.59. The quantitative estimate of drug-likeness (QED) is 0.741. The minimum atomic E-state index is -0.446. The van der Waals surface area contributed by atoms with Crippen LogP contribution in [0, 0.1) is 11.8 Å². The monoisotopic (exact) mass is 409 g/mol. The second kappa shape index (κ2) is 7.77. The lowest BCUT2D eigenvalue weighted by Crippen LogP contribution is -2.43. The van der Waals surface area contributed by atoms with E-state index in [1.807, 2.05) is 65.8 Å². The second-order valence-electron chi connectivity index (χ2n) is 8.28. The zero-order valence-electron chi connectivity index (χ0n) is 15.8. The van der Waals surface area contributed by atoms with Crippen molar-refractivity contribution in [3.8, 4) is 11.8 Å². The van der Waals surface area contributed by atoms with Crippen molar-refractivity contribution in [2.75, 3.05) is 6.54 Å². The van der Waals surface area contributed by atoms with E-state index in [9.17, 15) is 5.21 Å². The van der Waals surface area contributed by atoms with Crippen molar-refractivity contribution >= 4 is 15.9 Å². The van der Waals surface area contributed by atoms with Crippen LogP contribution in [-0.4, -0.2) is 46.3 Å². The van der Waals surface area contributed by atoms with Crippen molar-refractivity contribution in [2.45, 2.75) is 71.0 Å². The molecule has 5 heteroatoms. The maximum absolute atomic E-state index is 10.4. The number of nitrogens with zero attached hydrogens (tertiary/aromatic N) is 1. The molecular formula is C20H28BrNO3. The van der Waals surface area contributed by atoms with Gasteiger partial charge in [-0.25, -0.2) is 0 Å². The van der Waals surface area contributed by atoms with E-state index < -0.39 is 6.04 Å². The standard InChI is InChI=1S/C20H28BrNO3/c1-19(2,3)24-17-13-22(23)16(18(17)25-20(4,5)6)12-11-14-9-7-8-10-15(14)21/h7-10,16-18,23H,13H2,1-6H3/t16-,17-,18-/m0/s1. The average molecular weight is 410 g/mol. The minimum Gasteiger partial charge on any atom is -0.368 e. The Morgan fingerprint density at radius 3 is 2.24 bits per heavy atom. The molecule has 2 rings (SSSR count). The van der Waals surface area contributed by atoms with E-state index in [2.05, 4.69) is 27.8 Å². The molecule has 1 aromatic carbocycles. The normalized spacial score (nSPS) is 24.9. The van der Waals surface area contributed by atoms with E-state index in [0.717, 1.165) is 10.0 Å². The summed E-state index contributed by atoms with van der Waals surface area (Å²) in [5, 5.41) is 11.7. The van der Waals surface area contributed by atoms with Crippen molar-refractivity contribution in [3.05, 3.63) is 34.3 Å². The molecule has 1 saturated heterocycles. The molecule has 0 unspecified atom stereocenters. The maximum atomic E-state index is 10.4. The summed E-state index contributed by atoms with van der Waals surface area (Å²) in [6.07, 6.45) is -0.582. The van der Waals surface area contributed by atoms with Crippen molar-refractivity contribution < 1.29 is 14.7 Å². The molecule has 25 heavy (non-hydrogen) atoms. The van der Waals surface area contributed by atoms with Crippen molar-refractivity contribution in [3.63, 3.8) is 0 Å². The van der Waals surface area contributed by atoms with Crippen LogP contribution in [0.3, 0.4) is 0 Å². The lowest BCUT2D eigenvalue weighted by Gasteiger charge is -2.33. The van der Waals surface area contributed by atoms with Crippen LogP contribution in [0.15, 0.2) is 28.7 Å². The second-order valence-corrected chi connectivity index (χ2v) is 9.13. The molecule has 1 N–H and O–H groups in total. The minimum absolute atomic E-state index is 0.247. The number of halogens is 1. The van der Waals surface area contributed by atoms with Gasteiger partial charge in [-0.2, -0.15) is 5.06 Å². The van der Waals surface area contributed by atoms with Gasteiger partial charge in [-0.05, 0) is 69.6 Å². The van der Waals surface area contributed by atoms with Gasteiger partial charge in [0.1, 0.15) is 18.2 Å². The predicted molar refractivity (Wildman–Crippen MR) is 103 cm³/mol. The molecule has 1 heterocycles. The van der Waals surface area contributed by atoms with E-state index in [4.69, 9.17) is 9.47 Å². The molecule has 1 aliphatic heterocycles. The molecule has 0 aliphatic carbocycles. The Kier molecular flexibility index (Phi) is 6.35. The lowest BCUT2D eigenvalue weighted by molar-refractivity contribution is -0.148. The van der Waals surface area contributed by atoms with Crippen molar-refractivity contribution in [1.29, 1.82) is 0 Å². The molecule has 0 saturated carbocycles. The topological polar surface area (TPSA) is 41.9 Å². The zero-order valence-corrected chi connectivity index (χ0v) is 17.4. The predicted octanol–water partition coefficient (Wildman–Crippen LogP) is 4.24. The van der Waals surface area contributed by atoms with Crippen LogP contribution in [0.25, 0.3) is 0 Å². The van der Waals surface area contributed by atoms with Gasteiger partial charge in [0.2, 0.25) is 0 Å². The van der Waals surface area contributed by atoms with Gasteiger partial charge < -0.3 is 14.7 Å². The molecule has 4 nitrogen and oxygen atoms in total. The first-order valence-electron chi connectivity index (χ1n) is 8.53. The van der Waals surface area contributed by atoms with Gasteiger partial charge in [-0.15, -0.1) is 0 Å². The van der Waals surface area contributed by atoms with Gasteiger partial charge in [0.25, 0.3) is 0 Å². The summed E-state index contributed by atoms with van der Waals surface area (Å²) >= 11 is 3.50. The summed E-state index contributed by atoms with van der Waals surface area (Å²) in [6.45, 7) is 12.4. The SMILES string of the molecule is CC(C)(C)O[C@@H]1[C@@H](OC(C)(C)C)CN(O)[C@H]1C#Cc1ccccc1Br. The highest BCUT2D eigenvalue weighted by atomic mass is 79.9. The summed E-state index contributed by atoms with van der Waals surface area (Å²) < 4.78 is 13.3. The molecule has 0 radical (unpaired) electrons. The molecule has 1 aliphatic rings. The molecule has 1 aromatic rings. The van der Waals surface area contributed by atoms with Crippen LogP contribution in [0.2, 0.25) is 0 Å². The van der Waals surface area contributed by atoms with E-state index >= 15 is 0 Å². The summed E-state index contributed by atoms with van der Waals surface area (Å²) in [5.74, 6) is 6.32. The van der Waals surface area contributed by atoms with Crippen LogP contribution in [0.5, 0.6) is 0 Å². The van der Waals surface area contributed by atoms with Gasteiger partial charge in [-0.3, -0.25) is 0 Å². The fourth-order valence-electron chi connectivity index (χ4n) is 2.75. The van der Waals surface area contributed by atoms with Gasteiger partial charge in [0, 0.05) is 10.0 Å². The Hall–Kier alpha value is -0.900. The summed E-state index contributed by atoms with van der Waals surface area (Å²) in [6, 6.07) is 7.33. The third kappa shape index (κ3) is 6.09. The number of hydroxylamine groups is 2. The average Bonchev–Trinajstić information content (AvgIpc) is 2.70. The Labute approximate surface area is 159 Å². The molecule has 0 spiro atoms. The van der Waals surface area contributed by atoms with Gasteiger partial charge in [-0.1, -0.05) is 24.0 Å². The van der Waals surface area contributed by atoms with Crippen LogP contribution in [-0.2, 0) is 9.47 Å². The highest BCUT2D eigenvalue weighted by Gasteiger charge is 2.45. The molecule has 0 bridgehead atoms. The maximum Gasteiger partial charge on any atom is 0.125 e. The van der Waals surface area contributed by atoms with E-state index in [0.29, 0.717) is 6.54 Å². The number of ether oxygens (including phenoxy) is 2. The first kappa shape index (κ1) is 20.4. The molecule has 0 aromatic heterocycles. The smallest absolute Gasteiger partial charge is 0.125 e. The van der Waals surface area contributed by atoms with Crippen LogP contribution in [0.1, 0.15) is 47.1 Å². The van der Waals surface area contributed by atoms with E-state index in [1.165, 1.54) is 5.06 Å². The molecule has 1 fully saturated rings. The number of hydrogen-bond donors (Lipinski definition) is 1. The first-order valence-corrected chi connectivity index (χ1v) is 9.33. The molecule has 138 valence electrons. The molecule has 0 amide bonds. The zero-order chi connectivity index (χ0) is 18.8. The van der Waals surface area contributed by atoms with Crippen molar-refractivity contribution in [2.24, 2.45) is 0 Å². The summed E-state index contributed by atoms with van der Waals surface area (Å²) in [5.41, 5.74) is 0.198. The number of hydrogen-bond acceptors (Lipinski definition) is 4. The van der Waals surface area contributed by atoms with E-state index in [1.54, 1.807) is 0 Å². The number of benzene rings is 1. The van der Waals surface area contributed by atoms with Crippen LogP contribution >= 0.6 is 15.9 Å². The molecular weight excluding hydrogens is 382 g/mol. The van der Waals surface area contributed by atoms with Gasteiger partial charge in [0.15, 0.2) is 0 Å². The highest BCUT2D eigenvalue weighted by molar-refractivity contribution is 9.10. The Bertz CT molecular complexity index is 651. The fourth-order valence-corrected chi connectivity index (χ4v) is 3.14. The van der Waals surface area contributed by atoms with Gasteiger partial charge >= 0.3 is 0 Å². The molecule has 3 atom stereocenters. The lowest BCUT2D eigenvalue weighted by atomic mass is 10.1. The van der Waals surface area contributed by atoms with Gasteiger partial charge in [0.05, 0.1) is 17.7 Å². The Morgan fingerprint density at radius 2 is 1.68 bits per heavy atom. The van der Waals surface area contributed by atoms with Crippen LogP contribution in [0.4, 0.5) is 0 Å². The first-order chi connectivity index (χ1) is 11.5. The van der Waals surface area contributed by atoms with Crippen molar-refractivity contribution in [1.82, 2.24) is 5.06 Å². The Balaban J connectivity index is 2.29. The van der Waals surface area contributed by atoms with Crippen LogP contribution < -0.4 is 0 Å². The third-order valence-corrected chi connectivity index (χ3v) is 4.28.